The van der Waals surface area contributed by atoms with Crippen molar-refractivity contribution in [1.29, 1.82) is 0 Å². The Kier molecular flexibility index (Phi) is 3.88. The van der Waals surface area contributed by atoms with Crippen LogP contribution < -0.4 is 0 Å². The van der Waals surface area contributed by atoms with Gasteiger partial charge in [-0.05, 0) is 24.0 Å². The quantitative estimate of drug-likeness (QED) is 0.826. The highest BCUT2D eigenvalue weighted by molar-refractivity contribution is 5.88. The number of aliphatic hydroxyl groups is 1. The fourth-order valence-electron chi connectivity index (χ4n) is 3.49. The van der Waals surface area contributed by atoms with Crippen LogP contribution in [-0.2, 0) is 27.2 Å². The molecule has 5 nitrogen and oxygen atoms in total. The largest absolute Gasteiger partial charge is 0.467 e. The SMILES string of the molecule is COC(=O)[C@]1(F)CCN(C(=O)[C@@]2(O)CCc3ccccc3C2)C1. The number of benzene rings is 1. The predicted octanol–water partition coefficient (Wildman–Crippen LogP) is 1.02. The van der Waals surface area contributed by atoms with Crippen LogP contribution in [0.2, 0.25) is 0 Å². The van der Waals surface area contributed by atoms with Crippen molar-refractivity contribution in [3.05, 3.63) is 35.4 Å². The number of carbonyl (C=O) groups is 2. The van der Waals surface area contributed by atoms with Crippen molar-refractivity contribution in [2.24, 2.45) is 0 Å². The van der Waals surface area contributed by atoms with E-state index in [0.717, 1.165) is 18.2 Å². The van der Waals surface area contributed by atoms with Crippen molar-refractivity contribution in [3.63, 3.8) is 0 Å². The molecule has 1 aromatic carbocycles. The van der Waals surface area contributed by atoms with E-state index >= 15 is 0 Å². The molecular weight excluding hydrogens is 301 g/mol. The number of hydrogen-bond donors (Lipinski definition) is 1. The molecule has 2 aliphatic rings. The summed E-state index contributed by atoms with van der Waals surface area (Å²) in [6.07, 6.45) is 1.02. The number of likely N-dealkylation sites (tertiary alicyclic amines) is 1. The molecule has 0 radical (unpaired) electrons. The number of alkyl halides is 1. The molecule has 1 saturated heterocycles. The maximum absolute atomic E-state index is 14.5. The smallest absolute Gasteiger partial charge is 0.345 e. The number of rotatable bonds is 2. The summed E-state index contributed by atoms with van der Waals surface area (Å²) in [6.45, 7) is -0.253. The zero-order chi connectivity index (χ0) is 16.7. The maximum atomic E-state index is 14.5. The molecular formula is C17H20FNO4. The Labute approximate surface area is 134 Å². The third-order valence-corrected chi connectivity index (χ3v) is 4.87. The highest BCUT2D eigenvalue weighted by Gasteiger charge is 2.51. The molecule has 1 amide bonds. The number of ether oxygens (including phenoxy) is 1. The van der Waals surface area contributed by atoms with Gasteiger partial charge in [-0.1, -0.05) is 24.3 Å². The fraction of sp³-hybridized carbons (Fsp3) is 0.529. The minimum atomic E-state index is -2.17. The van der Waals surface area contributed by atoms with Crippen LogP contribution in [0.15, 0.2) is 24.3 Å². The van der Waals surface area contributed by atoms with E-state index in [1.54, 1.807) is 0 Å². The van der Waals surface area contributed by atoms with Crippen LogP contribution in [-0.4, -0.2) is 53.4 Å². The summed E-state index contributed by atoms with van der Waals surface area (Å²) in [5, 5.41) is 10.8. The molecule has 0 unspecified atom stereocenters. The Balaban J connectivity index is 1.75. The topological polar surface area (TPSA) is 66.8 Å². The number of nitrogens with zero attached hydrogens (tertiary/aromatic N) is 1. The average molecular weight is 321 g/mol. The van der Waals surface area contributed by atoms with E-state index in [1.165, 1.54) is 4.90 Å². The summed E-state index contributed by atoms with van der Waals surface area (Å²) in [4.78, 5) is 25.5. The molecule has 6 heteroatoms. The van der Waals surface area contributed by atoms with E-state index < -0.39 is 23.1 Å². The van der Waals surface area contributed by atoms with Gasteiger partial charge in [0.2, 0.25) is 5.67 Å². The van der Waals surface area contributed by atoms with Crippen molar-refractivity contribution in [2.75, 3.05) is 20.2 Å². The Morgan fingerprint density at radius 3 is 2.65 bits per heavy atom. The Bertz CT molecular complexity index is 649. The van der Waals surface area contributed by atoms with E-state index in [1.807, 2.05) is 24.3 Å². The van der Waals surface area contributed by atoms with E-state index in [-0.39, 0.29) is 25.9 Å². The molecule has 0 bridgehead atoms. The molecule has 1 heterocycles. The number of aryl methyl sites for hydroxylation is 1. The normalized spacial score (nSPS) is 30.0. The summed E-state index contributed by atoms with van der Waals surface area (Å²) >= 11 is 0. The first kappa shape index (κ1) is 15.9. The van der Waals surface area contributed by atoms with Crippen molar-refractivity contribution >= 4 is 11.9 Å². The number of methoxy groups -OCH3 is 1. The lowest BCUT2D eigenvalue weighted by molar-refractivity contribution is -0.156. The van der Waals surface area contributed by atoms with Gasteiger partial charge in [0.05, 0.1) is 13.7 Å². The van der Waals surface area contributed by atoms with Gasteiger partial charge >= 0.3 is 5.97 Å². The van der Waals surface area contributed by atoms with Gasteiger partial charge in [-0.3, -0.25) is 4.79 Å². The van der Waals surface area contributed by atoms with E-state index in [4.69, 9.17) is 0 Å². The zero-order valence-corrected chi connectivity index (χ0v) is 13.0. The molecule has 1 aliphatic heterocycles. The van der Waals surface area contributed by atoms with Crippen LogP contribution in [0.5, 0.6) is 0 Å². The molecule has 1 N–H and O–H groups in total. The Morgan fingerprint density at radius 2 is 1.96 bits per heavy atom. The zero-order valence-electron chi connectivity index (χ0n) is 13.0. The van der Waals surface area contributed by atoms with Gasteiger partial charge in [0.25, 0.3) is 5.91 Å². The van der Waals surface area contributed by atoms with Gasteiger partial charge in [-0.25, -0.2) is 9.18 Å². The van der Waals surface area contributed by atoms with Crippen LogP contribution in [0.1, 0.15) is 24.0 Å². The Morgan fingerprint density at radius 1 is 1.26 bits per heavy atom. The highest BCUT2D eigenvalue weighted by atomic mass is 19.1. The number of hydrogen-bond acceptors (Lipinski definition) is 4. The highest BCUT2D eigenvalue weighted by Crippen LogP contribution is 2.34. The molecule has 23 heavy (non-hydrogen) atoms. The summed E-state index contributed by atoms with van der Waals surface area (Å²) < 4.78 is 19.0. The summed E-state index contributed by atoms with van der Waals surface area (Å²) in [5.74, 6) is -1.47. The lowest BCUT2D eigenvalue weighted by atomic mass is 9.79. The third kappa shape index (κ3) is 2.72. The third-order valence-electron chi connectivity index (χ3n) is 4.87. The predicted molar refractivity (Wildman–Crippen MR) is 80.5 cm³/mol. The molecule has 0 aromatic heterocycles. The molecule has 1 aromatic rings. The van der Waals surface area contributed by atoms with E-state index in [9.17, 15) is 19.1 Å². The first-order chi connectivity index (χ1) is 10.9. The van der Waals surface area contributed by atoms with Crippen LogP contribution in [0.3, 0.4) is 0 Å². The molecule has 124 valence electrons. The second kappa shape index (κ2) is 5.60. The summed E-state index contributed by atoms with van der Waals surface area (Å²) in [6, 6.07) is 7.68. The molecule has 1 fully saturated rings. The van der Waals surface area contributed by atoms with Gasteiger partial charge < -0.3 is 14.7 Å². The second-order valence-corrected chi connectivity index (χ2v) is 6.41. The van der Waals surface area contributed by atoms with Crippen molar-refractivity contribution < 1.29 is 23.8 Å². The Hall–Kier alpha value is -1.95. The number of carbonyl (C=O) groups excluding carboxylic acids is 2. The number of esters is 1. The average Bonchev–Trinajstić information content (AvgIpc) is 2.96. The standard InChI is InChI=1S/C17H20FNO4/c1-23-15(21)16(18)8-9-19(11-16)14(20)17(22)7-6-12-4-2-3-5-13(12)10-17/h2-5,22H,6-11H2,1H3/t16-,17+/m0/s1. The van der Waals surface area contributed by atoms with Gasteiger partial charge in [-0.2, -0.15) is 0 Å². The molecule has 2 atom stereocenters. The fourth-order valence-corrected chi connectivity index (χ4v) is 3.49. The van der Waals surface area contributed by atoms with Gasteiger partial charge in [0.15, 0.2) is 0 Å². The lowest BCUT2D eigenvalue weighted by Gasteiger charge is -2.35. The number of amides is 1. The van der Waals surface area contributed by atoms with Crippen molar-refractivity contribution in [2.45, 2.75) is 37.0 Å². The summed E-state index contributed by atoms with van der Waals surface area (Å²) in [7, 11) is 1.12. The molecule has 3 rings (SSSR count). The first-order valence-corrected chi connectivity index (χ1v) is 7.74. The van der Waals surface area contributed by atoms with Crippen LogP contribution in [0.4, 0.5) is 4.39 Å². The van der Waals surface area contributed by atoms with Gasteiger partial charge in [0, 0.05) is 19.4 Å². The molecule has 0 saturated carbocycles. The first-order valence-electron chi connectivity index (χ1n) is 7.74. The number of fused-ring (bicyclic) bond motifs is 1. The number of halogens is 1. The maximum Gasteiger partial charge on any atom is 0.345 e. The van der Waals surface area contributed by atoms with E-state index in [0.29, 0.717) is 12.8 Å². The van der Waals surface area contributed by atoms with Crippen LogP contribution in [0.25, 0.3) is 0 Å². The lowest BCUT2D eigenvalue weighted by Crippen LogP contribution is -2.52. The second-order valence-electron chi connectivity index (χ2n) is 6.41. The molecule has 1 aliphatic carbocycles. The van der Waals surface area contributed by atoms with Gasteiger partial charge in [-0.15, -0.1) is 0 Å². The van der Waals surface area contributed by atoms with Crippen LogP contribution >= 0.6 is 0 Å². The summed E-state index contributed by atoms with van der Waals surface area (Å²) in [5.41, 5.74) is -1.64. The molecule has 0 spiro atoms. The van der Waals surface area contributed by atoms with Crippen molar-refractivity contribution in [3.8, 4) is 0 Å². The monoisotopic (exact) mass is 321 g/mol. The minimum Gasteiger partial charge on any atom is -0.467 e. The minimum absolute atomic E-state index is 0.0991. The van der Waals surface area contributed by atoms with Gasteiger partial charge in [0.1, 0.15) is 5.60 Å². The van der Waals surface area contributed by atoms with E-state index in [2.05, 4.69) is 4.74 Å². The van der Waals surface area contributed by atoms with Crippen LogP contribution in [0, 0.1) is 0 Å². The van der Waals surface area contributed by atoms with Crippen molar-refractivity contribution in [1.82, 2.24) is 4.90 Å².